The van der Waals surface area contributed by atoms with E-state index in [0.717, 1.165) is 11.3 Å². The minimum atomic E-state index is -0.333. The molecule has 1 fully saturated rings. The number of benzene rings is 1. The van der Waals surface area contributed by atoms with E-state index in [4.69, 9.17) is 4.74 Å². The van der Waals surface area contributed by atoms with Crippen LogP contribution in [-0.2, 0) is 4.74 Å². The summed E-state index contributed by atoms with van der Waals surface area (Å²) in [5.41, 5.74) is 4.05. The van der Waals surface area contributed by atoms with E-state index in [9.17, 15) is 9.59 Å². The molecule has 1 aromatic carbocycles. The number of hydrogen-bond acceptors (Lipinski definition) is 5. The fourth-order valence-electron chi connectivity index (χ4n) is 3.46. The molecule has 4 rings (SSSR count). The Morgan fingerprint density at radius 1 is 1.03 bits per heavy atom. The molecule has 0 unspecified atom stereocenters. The quantitative estimate of drug-likeness (QED) is 0.683. The molecule has 150 valence electrons. The summed E-state index contributed by atoms with van der Waals surface area (Å²) in [6.07, 6.45) is 2.93. The smallest absolute Gasteiger partial charge is 0.409 e. The Bertz CT molecular complexity index is 1040. The predicted molar refractivity (Wildman–Crippen MR) is 108 cm³/mol. The zero-order valence-electron chi connectivity index (χ0n) is 16.5. The number of piperazine rings is 1. The molecular formula is C21H23N5O3. The molecule has 2 amide bonds. The molecule has 1 aliphatic rings. The zero-order valence-corrected chi connectivity index (χ0v) is 16.5. The van der Waals surface area contributed by atoms with Gasteiger partial charge in [0.25, 0.3) is 5.91 Å². The van der Waals surface area contributed by atoms with Crippen LogP contribution in [0.4, 0.5) is 4.79 Å². The van der Waals surface area contributed by atoms with Gasteiger partial charge in [-0.3, -0.25) is 4.79 Å². The second-order valence-corrected chi connectivity index (χ2v) is 6.97. The molecule has 0 aliphatic carbocycles. The van der Waals surface area contributed by atoms with Gasteiger partial charge in [-0.05, 0) is 19.9 Å². The van der Waals surface area contributed by atoms with Crippen LogP contribution in [0.1, 0.15) is 22.8 Å². The lowest BCUT2D eigenvalue weighted by molar-refractivity contribution is 0.0571. The number of amides is 2. The van der Waals surface area contributed by atoms with E-state index >= 15 is 0 Å². The van der Waals surface area contributed by atoms with Crippen molar-refractivity contribution >= 4 is 17.6 Å². The van der Waals surface area contributed by atoms with Gasteiger partial charge in [-0.1, -0.05) is 29.8 Å². The van der Waals surface area contributed by atoms with Crippen molar-refractivity contribution in [2.45, 2.75) is 13.8 Å². The number of carbonyl (C=O) groups excluding carboxylic acids is 2. The number of aryl methyl sites for hydroxylation is 1. The second-order valence-electron chi connectivity index (χ2n) is 6.97. The number of carbonyl (C=O) groups is 2. The highest BCUT2D eigenvalue weighted by molar-refractivity contribution is 6.00. The molecule has 3 heterocycles. The standard InChI is InChI=1S/C21H23N5O3/c1-3-29-21(28)25-12-10-24(11-13-25)20(27)17-14-23-26-18(8-9-22-19(17)26)16-6-4-15(2)5-7-16/h4-9,14H,3,10-13H2,1-2H3. The first kappa shape index (κ1) is 18.9. The highest BCUT2D eigenvalue weighted by Gasteiger charge is 2.27. The van der Waals surface area contributed by atoms with Crippen LogP contribution in [0.2, 0.25) is 0 Å². The fourth-order valence-corrected chi connectivity index (χ4v) is 3.46. The van der Waals surface area contributed by atoms with Crippen LogP contribution in [0.3, 0.4) is 0 Å². The lowest BCUT2D eigenvalue weighted by atomic mass is 10.1. The van der Waals surface area contributed by atoms with E-state index in [2.05, 4.69) is 10.1 Å². The Morgan fingerprint density at radius 2 is 1.72 bits per heavy atom. The maximum Gasteiger partial charge on any atom is 0.409 e. The molecule has 8 nitrogen and oxygen atoms in total. The summed E-state index contributed by atoms with van der Waals surface area (Å²) in [6.45, 7) is 5.96. The molecule has 0 radical (unpaired) electrons. The van der Waals surface area contributed by atoms with Gasteiger partial charge in [0, 0.05) is 37.9 Å². The first-order valence-corrected chi connectivity index (χ1v) is 9.69. The normalized spacial score (nSPS) is 14.3. The second kappa shape index (κ2) is 7.90. The summed E-state index contributed by atoms with van der Waals surface area (Å²) in [5.74, 6) is -0.128. The van der Waals surface area contributed by atoms with E-state index in [-0.39, 0.29) is 12.0 Å². The SMILES string of the molecule is CCOC(=O)N1CCN(C(=O)c2cnn3c(-c4ccc(C)cc4)ccnc23)CC1. The van der Waals surface area contributed by atoms with Gasteiger partial charge in [0.1, 0.15) is 5.56 Å². The van der Waals surface area contributed by atoms with Crippen molar-refractivity contribution in [1.82, 2.24) is 24.4 Å². The van der Waals surface area contributed by atoms with E-state index in [0.29, 0.717) is 44.0 Å². The van der Waals surface area contributed by atoms with E-state index in [1.165, 1.54) is 5.56 Å². The first-order chi connectivity index (χ1) is 14.1. The summed E-state index contributed by atoms with van der Waals surface area (Å²) in [5, 5.41) is 4.42. The van der Waals surface area contributed by atoms with E-state index in [1.54, 1.807) is 33.6 Å². The third-order valence-electron chi connectivity index (χ3n) is 5.07. The minimum Gasteiger partial charge on any atom is -0.450 e. The summed E-state index contributed by atoms with van der Waals surface area (Å²) in [6, 6.07) is 10.0. The van der Waals surface area contributed by atoms with Gasteiger partial charge in [-0.25, -0.2) is 14.3 Å². The monoisotopic (exact) mass is 393 g/mol. The van der Waals surface area contributed by atoms with Gasteiger partial charge in [0.2, 0.25) is 0 Å². The maximum atomic E-state index is 13.1. The van der Waals surface area contributed by atoms with Crippen molar-refractivity contribution in [2.24, 2.45) is 0 Å². The maximum absolute atomic E-state index is 13.1. The summed E-state index contributed by atoms with van der Waals surface area (Å²) in [4.78, 5) is 32.7. The molecule has 0 spiro atoms. The lowest BCUT2D eigenvalue weighted by Crippen LogP contribution is -2.50. The van der Waals surface area contributed by atoms with Crippen LogP contribution in [0.15, 0.2) is 42.7 Å². The molecule has 8 heteroatoms. The van der Waals surface area contributed by atoms with Crippen molar-refractivity contribution in [3.8, 4) is 11.3 Å². The number of rotatable bonds is 3. The van der Waals surface area contributed by atoms with Crippen LogP contribution >= 0.6 is 0 Å². The Kier molecular flexibility index (Phi) is 5.16. The molecular weight excluding hydrogens is 370 g/mol. The van der Waals surface area contributed by atoms with Crippen LogP contribution in [0.5, 0.6) is 0 Å². The van der Waals surface area contributed by atoms with Crippen LogP contribution in [-0.4, -0.2) is 69.2 Å². The van der Waals surface area contributed by atoms with Crippen molar-refractivity contribution < 1.29 is 14.3 Å². The van der Waals surface area contributed by atoms with Gasteiger partial charge in [0.15, 0.2) is 5.65 Å². The van der Waals surface area contributed by atoms with Crippen LogP contribution in [0.25, 0.3) is 16.9 Å². The fraction of sp³-hybridized carbons (Fsp3) is 0.333. The molecule has 0 atom stereocenters. The van der Waals surface area contributed by atoms with E-state index in [1.807, 2.05) is 37.3 Å². The summed E-state index contributed by atoms with van der Waals surface area (Å²) in [7, 11) is 0. The summed E-state index contributed by atoms with van der Waals surface area (Å²) < 4.78 is 6.73. The predicted octanol–water partition coefficient (Wildman–Crippen LogP) is 2.62. The molecule has 0 bridgehead atoms. The van der Waals surface area contributed by atoms with Crippen molar-refractivity contribution in [1.29, 1.82) is 0 Å². The topological polar surface area (TPSA) is 80.0 Å². The molecule has 0 N–H and O–H groups in total. The Hall–Kier alpha value is -3.42. The van der Waals surface area contributed by atoms with Gasteiger partial charge in [-0.2, -0.15) is 5.10 Å². The van der Waals surface area contributed by atoms with Gasteiger partial charge < -0.3 is 14.5 Å². The number of hydrogen-bond donors (Lipinski definition) is 0. The molecule has 2 aromatic heterocycles. The Morgan fingerprint density at radius 3 is 2.41 bits per heavy atom. The van der Waals surface area contributed by atoms with Crippen molar-refractivity contribution in [3.05, 3.63) is 53.9 Å². The lowest BCUT2D eigenvalue weighted by Gasteiger charge is -2.33. The average molecular weight is 393 g/mol. The number of aromatic nitrogens is 3. The van der Waals surface area contributed by atoms with Gasteiger partial charge >= 0.3 is 6.09 Å². The average Bonchev–Trinajstić information content (AvgIpc) is 3.18. The Labute approximate surface area is 168 Å². The molecule has 1 aliphatic heterocycles. The van der Waals surface area contributed by atoms with Crippen LogP contribution in [0, 0.1) is 6.92 Å². The highest BCUT2D eigenvalue weighted by Crippen LogP contribution is 2.22. The largest absolute Gasteiger partial charge is 0.450 e. The number of nitrogens with zero attached hydrogens (tertiary/aromatic N) is 5. The minimum absolute atomic E-state index is 0.128. The van der Waals surface area contributed by atoms with Gasteiger partial charge in [0.05, 0.1) is 18.5 Å². The first-order valence-electron chi connectivity index (χ1n) is 9.69. The third kappa shape index (κ3) is 3.65. The molecule has 1 saturated heterocycles. The molecule has 29 heavy (non-hydrogen) atoms. The van der Waals surface area contributed by atoms with Crippen molar-refractivity contribution in [3.63, 3.8) is 0 Å². The van der Waals surface area contributed by atoms with Crippen molar-refractivity contribution in [2.75, 3.05) is 32.8 Å². The molecule has 0 saturated carbocycles. The zero-order chi connectivity index (χ0) is 20.4. The molecule has 3 aromatic rings. The number of fused-ring (bicyclic) bond motifs is 1. The highest BCUT2D eigenvalue weighted by atomic mass is 16.6. The van der Waals surface area contributed by atoms with Crippen LogP contribution < -0.4 is 0 Å². The van der Waals surface area contributed by atoms with E-state index < -0.39 is 0 Å². The summed E-state index contributed by atoms with van der Waals surface area (Å²) >= 11 is 0. The number of ether oxygens (including phenoxy) is 1. The third-order valence-corrected chi connectivity index (χ3v) is 5.07. The van der Waals surface area contributed by atoms with Gasteiger partial charge in [-0.15, -0.1) is 0 Å². The Balaban J connectivity index is 1.56.